The lowest BCUT2D eigenvalue weighted by Gasteiger charge is -2.16. The van der Waals surface area contributed by atoms with Gasteiger partial charge in [-0.2, -0.15) is 0 Å². The number of nitrogens with one attached hydrogen (secondary N) is 1. The molecule has 2 heteroatoms. The second kappa shape index (κ2) is 4.91. The summed E-state index contributed by atoms with van der Waals surface area (Å²) in [5.74, 6) is 0. The molecule has 2 aromatic rings. The molecule has 92 valence electrons. The third kappa shape index (κ3) is 2.16. The molecule has 1 N–H and O–H groups in total. The zero-order valence-corrected chi connectivity index (χ0v) is 10.1. The molecule has 0 saturated carbocycles. The largest absolute Gasteiger partial charge is 0.303 e. The smallest absolute Gasteiger partial charge is 0.124 e. The fourth-order valence-electron chi connectivity index (χ4n) is 2.61. The van der Waals surface area contributed by atoms with Crippen LogP contribution in [0.4, 0.5) is 4.39 Å². The average Bonchev–Trinajstić information content (AvgIpc) is 2.73. The molecule has 0 heterocycles. The lowest BCUT2D eigenvalue weighted by molar-refractivity contribution is 0.269. The minimum atomic E-state index is -0.814. The molecule has 0 amide bonds. The molecule has 0 radical (unpaired) electrons. The van der Waals surface area contributed by atoms with Crippen LogP contribution in [0.2, 0.25) is 0 Å². The van der Waals surface area contributed by atoms with E-state index in [1.807, 2.05) is 42.5 Å². The van der Waals surface area contributed by atoms with E-state index in [0.717, 1.165) is 11.1 Å². The molecule has 18 heavy (non-hydrogen) atoms. The number of benzene rings is 2. The van der Waals surface area contributed by atoms with Crippen LogP contribution < -0.4 is 5.32 Å². The molecule has 1 nitrogen and oxygen atoms in total. The first-order valence-corrected chi connectivity index (χ1v) is 6.34. The molecule has 0 saturated heterocycles. The van der Waals surface area contributed by atoms with Gasteiger partial charge in [-0.15, -0.1) is 0 Å². The SMILES string of the molecule is F[C@@H]1Cc2ccccc2[C@@H]1NCc1ccccc1. The van der Waals surface area contributed by atoms with E-state index in [-0.39, 0.29) is 6.04 Å². The fraction of sp³-hybridized carbons (Fsp3) is 0.250. The lowest BCUT2D eigenvalue weighted by Crippen LogP contribution is -2.25. The maximum Gasteiger partial charge on any atom is 0.124 e. The van der Waals surface area contributed by atoms with Crippen LogP contribution in [-0.4, -0.2) is 6.17 Å². The zero-order chi connectivity index (χ0) is 12.4. The van der Waals surface area contributed by atoms with Crippen molar-refractivity contribution in [2.75, 3.05) is 0 Å². The number of hydrogen-bond donors (Lipinski definition) is 1. The highest BCUT2D eigenvalue weighted by Crippen LogP contribution is 2.33. The summed E-state index contributed by atoms with van der Waals surface area (Å²) >= 11 is 0. The Balaban J connectivity index is 1.74. The molecule has 2 aromatic carbocycles. The van der Waals surface area contributed by atoms with Crippen molar-refractivity contribution in [1.82, 2.24) is 5.32 Å². The summed E-state index contributed by atoms with van der Waals surface area (Å²) in [7, 11) is 0. The van der Waals surface area contributed by atoms with E-state index in [2.05, 4.69) is 17.4 Å². The summed E-state index contributed by atoms with van der Waals surface area (Å²) in [6.07, 6.45) is -0.283. The highest BCUT2D eigenvalue weighted by Gasteiger charge is 2.31. The van der Waals surface area contributed by atoms with Gasteiger partial charge >= 0.3 is 0 Å². The standard InChI is InChI=1S/C16H16FN/c17-15-10-13-8-4-5-9-14(13)16(15)18-11-12-6-2-1-3-7-12/h1-9,15-16,18H,10-11H2/t15-,16+/m1/s1. The van der Waals surface area contributed by atoms with Crippen LogP contribution in [-0.2, 0) is 13.0 Å². The van der Waals surface area contributed by atoms with E-state index in [0.29, 0.717) is 13.0 Å². The van der Waals surface area contributed by atoms with Crippen LogP contribution in [0.3, 0.4) is 0 Å². The molecule has 0 aliphatic heterocycles. The van der Waals surface area contributed by atoms with Crippen molar-refractivity contribution in [3.05, 3.63) is 71.3 Å². The molecule has 0 bridgehead atoms. The number of hydrogen-bond acceptors (Lipinski definition) is 1. The van der Waals surface area contributed by atoms with Crippen LogP contribution in [0, 0.1) is 0 Å². The summed E-state index contributed by atoms with van der Waals surface area (Å²) in [6, 6.07) is 18.0. The van der Waals surface area contributed by atoms with Gasteiger partial charge in [0.1, 0.15) is 6.17 Å². The molecule has 0 spiro atoms. The predicted octanol–water partition coefficient (Wildman–Crippen LogP) is 3.41. The van der Waals surface area contributed by atoms with Crippen LogP contribution in [0.1, 0.15) is 22.7 Å². The first kappa shape index (κ1) is 11.4. The monoisotopic (exact) mass is 241 g/mol. The second-order valence-corrected chi connectivity index (χ2v) is 4.76. The third-order valence-electron chi connectivity index (χ3n) is 3.54. The van der Waals surface area contributed by atoms with Crippen LogP contribution in [0.25, 0.3) is 0 Å². The van der Waals surface area contributed by atoms with Gasteiger partial charge in [0.25, 0.3) is 0 Å². The molecule has 0 fully saturated rings. The number of alkyl halides is 1. The van der Waals surface area contributed by atoms with E-state index in [1.165, 1.54) is 5.56 Å². The van der Waals surface area contributed by atoms with Gasteiger partial charge in [-0.3, -0.25) is 0 Å². The Morgan fingerprint density at radius 3 is 2.56 bits per heavy atom. The third-order valence-corrected chi connectivity index (χ3v) is 3.54. The highest BCUT2D eigenvalue weighted by molar-refractivity contribution is 5.36. The van der Waals surface area contributed by atoms with E-state index < -0.39 is 6.17 Å². The number of fused-ring (bicyclic) bond motifs is 1. The van der Waals surface area contributed by atoms with E-state index in [4.69, 9.17) is 0 Å². The Labute approximate surface area is 107 Å². The first-order valence-electron chi connectivity index (χ1n) is 6.34. The van der Waals surface area contributed by atoms with Gasteiger partial charge in [-0.25, -0.2) is 4.39 Å². The van der Waals surface area contributed by atoms with E-state index in [9.17, 15) is 4.39 Å². The van der Waals surface area contributed by atoms with Crippen molar-refractivity contribution in [3.63, 3.8) is 0 Å². The maximum atomic E-state index is 14.0. The summed E-state index contributed by atoms with van der Waals surface area (Å²) in [6.45, 7) is 0.709. The van der Waals surface area contributed by atoms with Crippen molar-refractivity contribution >= 4 is 0 Å². The molecular formula is C16H16FN. The van der Waals surface area contributed by atoms with Crippen molar-refractivity contribution < 1.29 is 4.39 Å². The van der Waals surface area contributed by atoms with Gasteiger partial charge < -0.3 is 5.32 Å². The topological polar surface area (TPSA) is 12.0 Å². The Hall–Kier alpha value is -1.67. The average molecular weight is 241 g/mol. The highest BCUT2D eigenvalue weighted by atomic mass is 19.1. The minimum absolute atomic E-state index is 0.165. The van der Waals surface area contributed by atoms with E-state index in [1.54, 1.807) is 0 Å². The zero-order valence-electron chi connectivity index (χ0n) is 10.1. The fourth-order valence-corrected chi connectivity index (χ4v) is 2.61. The minimum Gasteiger partial charge on any atom is -0.303 e. The van der Waals surface area contributed by atoms with Gasteiger partial charge in [-0.05, 0) is 16.7 Å². The van der Waals surface area contributed by atoms with Crippen molar-refractivity contribution in [3.8, 4) is 0 Å². The maximum absolute atomic E-state index is 14.0. The van der Waals surface area contributed by atoms with Crippen LogP contribution >= 0.6 is 0 Å². The van der Waals surface area contributed by atoms with Crippen LogP contribution in [0.15, 0.2) is 54.6 Å². The molecule has 1 aliphatic rings. The molecule has 2 atom stereocenters. The van der Waals surface area contributed by atoms with Crippen molar-refractivity contribution in [2.45, 2.75) is 25.2 Å². The molecular weight excluding hydrogens is 225 g/mol. The summed E-state index contributed by atoms with van der Waals surface area (Å²) in [5, 5.41) is 3.33. The van der Waals surface area contributed by atoms with Gasteiger partial charge in [-0.1, -0.05) is 54.6 Å². The molecule has 0 unspecified atom stereocenters. The Morgan fingerprint density at radius 1 is 1.00 bits per heavy atom. The molecule has 0 aromatic heterocycles. The van der Waals surface area contributed by atoms with E-state index >= 15 is 0 Å². The van der Waals surface area contributed by atoms with Crippen molar-refractivity contribution in [2.24, 2.45) is 0 Å². The number of rotatable bonds is 3. The quantitative estimate of drug-likeness (QED) is 0.868. The Kier molecular flexibility index (Phi) is 3.11. The van der Waals surface area contributed by atoms with Gasteiger partial charge in [0.2, 0.25) is 0 Å². The molecule has 1 aliphatic carbocycles. The van der Waals surface area contributed by atoms with Gasteiger partial charge in [0.05, 0.1) is 6.04 Å². The summed E-state index contributed by atoms with van der Waals surface area (Å²) in [4.78, 5) is 0. The summed E-state index contributed by atoms with van der Waals surface area (Å²) in [5.41, 5.74) is 3.44. The number of halogens is 1. The van der Waals surface area contributed by atoms with Gasteiger partial charge in [0, 0.05) is 13.0 Å². The Bertz CT molecular complexity index is 524. The van der Waals surface area contributed by atoms with Crippen molar-refractivity contribution in [1.29, 1.82) is 0 Å². The Morgan fingerprint density at radius 2 is 1.72 bits per heavy atom. The lowest BCUT2D eigenvalue weighted by atomic mass is 10.1. The first-order chi connectivity index (χ1) is 8.84. The molecule has 3 rings (SSSR count). The summed E-state index contributed by atoms with van der Waals surface area (Å²) < 4.78 is 14.0. The predicted molar refractivity (Wildman–Crippen MR) is 71.1 cm³/mol. The van der Waals surface area contributed by atoms with Crippen LogP contribution in [0.5, 0.6) is 0 Å². The van der Waals surface area contributed by atoms with Gasteiger partial charge in [0.15, 0.2) is 0 Å². The normalized spacial score (nSPS) is 21.8. The second-order valence-electron chi connectivity index (χ2n) is 4.76.